The number of rotatable bonds is 4. The lowest BCUT2D eigenvalue weighted by atomic mass is 9.95. The van der Waals surface area contributed by atoms with Gasteiger partial charge in [-0.3, -0.25) is 4.79 Å². The molecule has 2 rings (SSSR count). The van der Waals surface area contributed by atoms with Gasteiger partial charge in [-0.2, -0.15) is 4.99 Å². The number of allylic oxidation sites excluding steroid dienone is 2. The quantitative estimate of drug-likeness (QED) is 0.670. The van der Waals surface area contributed by atoms with Crippen molar-refractivity contribution in [3.63, 3.8) is 0 Å². The molecular weight excluding hydrogens is 368 g/mol. The zero-order valence-electron chi connectivity index (χ0n) is 16.1. The average molecular weight is 393 g/mol. The van der Waals surface area contributed by atoms with Crippen LogP contribution in [0.25, 0.3) is 0 Å². The highest BCUT2D eigenvalue weighted by Crippen LogP contribution is 2.25. The minimum Gasteiger partial charge on any atom is -0.496 e. The van der Waals surface area contributed by atoms with Crippen LogP contribution in [-0.2, 0) is 12.0 Å². The van der Waals surface area contributed by atoms with Gasteiger partial charge in [0.05, 0.1) is 12.7 Å². The van der Waals surface area contributed by atoms with Gasteiger partial charge in [-0.15, -0.1) is 11.3 Å². The third-order valence-corrected chi connectivity index (χ3v) is 5.43. The molecule has 2 aromatic rings. The summed E-state index contributed by atoms with van der Waals surface area (Å²) in [5.74, 6) is 0.101. The number of benzene rings is 1. The Bertz CT molecular complexity index is 897. The van der Waals surface area contributed by atoms with Gasteiger partial charge in [0.15, 0.2) is 4.80 Å². The smallest absolute Gasteiger partial charge is 0.283 e. The van der Waals surface area contributed by atoms with E-state index in [4.69, 9.17) is 16.3 Å². The molecular formula is C20H25ClN2O2S. The molecule has 0 aliphatic rings. The molecule has 0 radical (unpaired) electrons. The molecule has 4 nitrogen and oxygen atoms in total. The third-order valence-electron chi connectivity index (χ3n) is 3.74. The second-order valence-corrected chi connectivity index (χ2v) is 8.77. The van der Waals surface area contributed by atoms with Crippen LogP contribution in [0.4, 0.5) is 0 Å². The second-order valence-electron chi connectivity index (χ2n) is 7.32. The normalized spacial score (nSPS) is 12.2. The largest absolute Gasteiger partial charge is 0.496 e. The van der Waals surface area contributed by atoms with Crippen LogP contribution in [0, 0.1) is 0 Å². The number of amides is 1. The van der Waals surface area contributed by atoms with Crippen LogP contribution < -0.4 is 9.54 Å². The highest BCUT2D eigenvalue weighted by molar-refractivity contribution is 7.09. The third kappa shape index (κ3) is 5.08. The number of carbonyl (C=O) groups excluding carboxylic acids is 1. The van der Waals surface area contributed by atoms with Gasteiger partial charge >= 0.3 is 0 Å². The first kappa shape index (κ1) is 20.5. The molecule has 1 aromatic heterocycles. The molecule has 6 heteroatoms. The highest BCUT2D eigenvalue weighted by Gasteiger charge is 2.19. The van der Waals surface area contributed by atoms with Gasteiger partial charge in [-0.1, -0.05) is 44.0 Å². The number of aromatic nitrogens is 1. The lowest BCUT2D eigenvalue weighted by Gasteiger charge is -2.14. The zero-order chi connectivity index (χ0) is 19.5. The molecule has 0 aliphatic carbocycles. The molecule has 1 aromatic carbocycles. The predicted octanol–water partition coefficient (Wildman–Crippen LogP) is 5.22. The van der Waals surface area contributed by atoms with Crippen LogP contribution >= 0.6 is 22.9 Å². The van der Waals surface area contributed by atoms with Crippen LogP contribution in [0.3, 0.4) is 0 Å². The Morgan fingerprint density at radius 1 is 1.35 bits per heavy atom. The Hall–Kier alpha value is -1.85. The molecule has 0 spiro atoms. The van der Waals surface area contributed by atoms with Crippen molar-refractivity contribution < 1.29 is 9.53 Å². The van der Waals surface area contributed by atoms with Crippen molar-refractivity contribution in [3.05, 3.63) is 56.3 Å². The summed E-state index contributed by atoms with van der Waals surface area (Å²) in [6.07, 6.45) is 4.19. The van der Waals surface area contributed by atoms with E-state index in [2.05, 4.69) is 51.9 Å². The van der Waals surface area contributed by atoms with Gasteiger partial charge in [-0.25, -0.2) is 0 Å². The summed E-state index contributed by atoms with van der Waals surface area (Å²) >= 11 is 7.57. The highest BCUT2D eigenvalue weighted by atomic mass is 35.5. The Morgan fingerprint density at radius 3 is 2.62 bits per heavy atom. The lowest BCUT2D eigenvalue weighted by Crippen LogP contribution is -2.16. The number of nitrogens with zero attached hydrogens (tertiary/aromatic N) is 2. The van der Waals surface area contributed by atoms with Crippen molar-refractivity contribution in [1.29, 1.82) is 0 Å². The van der Waals surface area contributed by atoms with Gasteiger partial charge in [-0.05, 0) is 37.5 Å². The first-order chi connectivity index (χ1) is 12.1. The molecule has 0 saturated carbocycles. The van der Waals surface area contributed by atoms with E-state index in [9.17, 15) is 4.79 Å². The number of halogens is 1. The van der Waals surface area contributed by atoms with Gasteiger partial charge in [0.2, 0.25) is 0 Å². The summed E-state index contributed by atoms with van der Waals surface area (Å²) in [7, 11) is 1.53. The Labute approximate surface area is 163 Å². The van der Waals surface area contributed by atoms with Crippen LogP contribution in [-0.4, -0.2) is 17.6 Å². The van der Waals surface area contributed by atoms with E-state index in [1.807, 2.05) is 4.57 Å². The maximum Gasteiger partial charge on any atom is 0.283 e. The fourth-order valence-corrected chi connectivity index (χ4v) is 3.45. The maximum absolute atomic E-state index is 12.8. The number of ether oxygens (including phenoxy) is 1. The van der Waals surface area contributed by atoms with E-state index < -0.39 is 0 Å². The van der Waals surface area contributed by atoms with Gasteiger partial charge in [0, 0.05) is 22.6 Å². The van der Waals surface area contributed by atoms with E-state index >= 15 is 0 Å². The molecule has 1 heterocycles. The van der Waals surface area contributed by atoms with Crippen LogP contribution in [0.15, 0.2) is 41.0 Å². The summed E-state index contributed by atoms with van der Waals surface area (Å²) < 4.78 is 7.28. The molecule has 0 atom stereocenters. The monoisotopic (exact) mass is 392 g/mol. The molecule has 0 N–H and O–H groups in total. The van der Waals surface area contributed by atoms with E-state index in [1.165, 1.54) is 28.9 Å². The van der Waals surface area contributed by atoms with E-state index in [-0.39, 0.29) is 11.3 Å². The van der Waals surface area contributed by atoms with E-state index in [1.54, 1.807) is 18.2 Å². The molecule has 0 aliphatic heterocycles. The van der Waals surface area contributed by atoms with E-state index in [0.29, 0.717) is 27.7 Å². The van der Waals surface area contributed by atoms with Crippen molar-refractivity contribution in [1.82, 2.24) is 4.57 Å². The van der Waals surface area contributed by atoms with Crippen LogP contribution in [0.5, 0.6) is 5.75 Å². The number of methoxy groups -OCH3 is 1. The van der Waals surface area contributed by atoms with Gasteiger partial charge in [0.25, 0.3) is 5.91 Å². The molecule has 0 fully saturated rings. The molecule has 0 unspecified atom stereocenters. The minimum absolute atomic E-state index is 0.0120. The molecule has 1 amide bonds. The Kier molecular flexibility index (Phi) is 6.48. The van der Waals surface area contributed by atoms with Crippen molar-refractivity contribution in [3.8, 4) is 5.75 Å². The van der Waals surface area contributed by atoms with Gasteiger partial charge < -0.3 is 9.30 Å². The van der Waals surface area contributed by atoms with Crippen molar-refractivity contribution in [2.75, 3.05) is 7.11 Å². The summed E-state index contributed by atoms with van der Waals surface area (Å²) in [4.78, 5) is 19.0. The average Bonchev–Trinajstić information content (AvgIpc) is 2.96. The van der Waals surface area contributed by atoms with Crippen molar-refractivity contribution in [2.24, 2.45) is 4.99 Å². The fraction of sp³-hybridized carbons (Fsp3) is 0.400. The minimum atomic E-state index is -0.363. The fourth-order valence-electron chi connectivity index (χ4n) is 2.22. The number of thiazole rings is 1. The first-order valence-electron chi connectivity index (χ1n) is 8.38. The maximum atomic E-state index is 12.8. The van der Waals surface area contributed by atoms with Gasteiger partial charge in [0.1, 0.15) is 5.75 Å². The topological polar surface area (TPSA) is 43.6 Å². The molecule has 140 valence electrons. The van der Waals surface area contributed by atoms with Crippen molar-refractivity contribution >= 4 is 28.8 Å². The summed E-state index contributed by atoms with van der Waals surface area (Å²) in [6.45, 7) is 11.2. The SMILES string of the molecule is COc1ccc(Cl)cc1C(=O)N=c1sc(C(C)(C)C)cn1CC=C(C)C. The number of carbonyl (C=O) groups is 1. The van der Waals surface area contributed by atoms with Crippen molar-refractivity contribution in [2.45, 2.75) is 46.6 Å². The molecule has 0 bridgehead atoms. The summed E-state index contributed by atoms with van der Waals surface area (Å²) in [6, 6.07) is 4.96. The number of hydrogen-bond donors (Lipinski definition) is 0. The Balaban J connectivity index is 2.55. The standard InChI is InChI=1S/C20H25ClN2O2S/c1-13(2)9-10-23-12-17(20(3,4)5)26-19(23)22-18(24)15-11-14(21)7-8-16(15)25-6/h7-9,11-12H,10H2,1-6H3. The molecule has 0 saturated heterocycles. The second kappa shape index (κ2) is 8.23. The predicted molar refractivity (Wildman–Crippen MR) is 108 cm³/mol. The zero-order valence-corrected chi connectivity index (χ0v) is 17.7. The number of hydrogen-bond acceptors (Lipinski definition) is 3. The summed E-state index contributed by atoms with van der Waals surface area (Å²) in [5.41, 5.74) is 1.57. The molecule has 26 heavy (non-hydrogen) atoms. The first-order valence-corrected chi connectivity index (χ1v) is 9.58. The Morgan fingerprint density at radius 2 is 2.04 bits per heavy atom. The van der Waals surface area contributed by atoms with Crippen LogP contribution in [0.1, 0.15) is 49.9 Å². The summed E-state index contributed by atoms with van der Waals surface area (Å²) in [5, 5.41) is 0.475. The van der Waals surface area contributed by atoms with Crippen LogP contribution in [0.2, 0.25) is 5.02 Å². The van der Waals surface area contributed by atoms with E-state index in [0.717, 1.165) is 0 Å². The lowest BCUT2D eigenvalue weighted by molar-refractivity contribution is 0.0995.